The molecule has 0 N–H and O–H groups in total. The molecule has 0 aromatic carbocycles. The van der Waals surface area contributed by atoms with Crippen molar-refractivity contribution < 1.29 is 4.74 Å². The van der Waals surface area contributed by atoms with Crippen molar-refractivity contribution in [3.05, 3.63) is 0 Å². The number of piperidine rings is 1. The molecule has 1 heterocycles. The second-order valence-electron chi connectivity index (χ2n) is 8.42. The smallest absolute Gasteiger partial charge is 0.0579 e. The lowest BCUT2D eigenvalue weighted by atomic mass is 9.84. The van der Waals surface area contributed by atoms with Crippen molar-refractivity contribution in [2.45, 2.75) is 104 Å². The Balaban J connectivity index is 1.49. The topological polar surface area (TPSA) is 12.5 Å². The van der Waals surface area contributed by atoms with Crippen LogP contribution in [0.2, 0.25) is 0 Å². The van der Waals surface area contributed by atoms with E-state index < -0.39 is 0 Å². The molecule has 0 aromatic rings. The van der Waals surface area contributed by atoms with Crippen LogP contribution >= 0.6 is 0 Å². The Hall–Kier alpha value is -0.0800. The molecule has 2 rings (SSSR count). The highest BCUT2D eigenvalue weighted by molar-refractivity contribution is 4.75. The van der Waals surface area contributed by atoms with Gasteiger partial charge in [0, 0.05) is 6.54 Å². The minimum absolute atomic E-state index is 0.466. The van der Waals surface area contributed by atoms with E-state index in [9.17, 15) is 0 Å². The molecule has 0 spiro atoms. The first-order valence-electron chi connectivity index (χ1n) is 10.5. The summed E-state index contributed by atoms with van der Waals surface area (Å²) < 4.78 is 6.19. The maximum atomic E-state index is 6.19. The molecule has 1 aliphatic heterocycles. The van der Waals surface area contributed by atoms with Gasteiger partial charge in [0.15, 0.2) is 0 Å². The van der Waals surface area contributed by atoms with E-state index in [2.05, 4.69) is 25.7 Å². The van der Waals surface area contributed by atoms with Crippen molar-refractivity contribution >= 4 is 0 Å². The summed E-state index contributed by atoms with van der Waals surface area (Å²) in [6, 6.07) is 0. The van der Waals surface area contributed by atoms with Crippen LogP contribution in [-0.2, 0) is 4.74 Å². The third-order valence-corrected chi connectivity index (χ3v) is 5.99. The average Bonchev–Trinajstić information content (AvgIpc) is 2.53. The van der Waals surface area contributed by atoms with Gasteiger partial charge in [0.05, 0.1) is 12.2 Å². The van der Waals surface area contributed by atoms with E-state index in [4.69, 9.17) is 4.74 Å². The van der Waals surface area contributed by atoms with E-state index in [1.54, 1.807) is 0 Å². The third kappa shape index (κ3) is 7.56. The highest BCUT2D eigenvalue weighted by atomic mass is 16.5. The molecule has 0 aromatic heterocycles. The van der Waals surface area contributed by atoms with Crippen molar-refractivity contribution in [1.29, 1.82) is 0 Å². The molecule has 0 bridgehead atoms. The summed E-state index contributed by atoms with van der Waals surface area (Å²) in [5, 5.41) is 0. The number of likely N-dealkylation sites (tertiary alicyclic amines) is 1. The summed E-state index contributed by atoms with van der Waals surface area (Å²) in [6.45, 7) is 10.9. The first kappa shape index (κ1) is 19.2. The van der Waals surface area contributed by atoms with E-state index >= 15 is 0 Å². The van der Waals surface area contributed by atoms with Crippen LogP contribution in [0.5, 0.6) is 0 Å². The van der Waals surface area contributed by atoms with E-state index in [1.807, 2.05) is 0 Å². The van der Waals surface area contributed by atoms with Crippen LogP contribution in [0.25, 0.3) is 0 Å². The molecule has 1 saturated heterocycles. The molecule has 1 saturated carbocycles. The number of hydrogen-bond acceptors (Lipinski definition) is 2. The number of nitrogens with zero attached hydrogens (tertiary/aromatic N) is 1. The molecule has 0 radical (unpaired) electrons. The van der Waals surface area contributed by atoms with Crippen LogP contribution in [0.1, 0.15) is 91.4 Å². The minimum atomic E-state index is 0.466. The maximum Gasteiger partial charge on any atom is 0.0579 e. The molecule has 23 heavy (non-hydrogen) atoms. The van der Waals surface area contributed by atoms with Crippen LogP contribution < -0.4 is 0 Å². The van der Waals surface area contributed by atoms with Gasteiger partial charge >= 0.3 is 0 Å². The molecule has 136 valence electrons. The van der Waals surface area contributed by atoms with Crippen LogP contribution in [-0.4, -0.2) is 36.7 Å². The van der Waals surface area contributed by atoms with Crippen LogP contribution in [0.15, 0.2) is 0 Å². The fourth-order valence-electron chi connectivity index (χ4n) is 4.62. The zero-order valence-electron chi connectivity index (χ0n) is 16.1. The second kappa shape index (κ2) is 10.7. The lowest BCUT2D eigenvalue weighted by molar-refractivity contribution is -0.0320. The molecular weight excluding hydrogens is 282 g/mol. The van der Waals surface area contributed by atoms with Crippen molar-refractivity contribution in [2.24, 2.45) is 11.8 Å². The Morgan fingerprint density at radius 2 is 1.87 bits per heavy atom. The first-order chi connectivity index (χ1) is 11.2. The van der Waals surface area contributed by atoms with Gasteiger partial charge in [0.25, 0.3) is 0 Å². The zero-order valence-corrected chi connectivity index (χ0v) is 16.1. The maximum absolute atomic E-state index is 6.19. The summed E-state index contributed by atoms with van der Waals surface area (Å²) in [4.78, 5) is 2.70. The fraction of sp³-hybridized carbons (Fsp3) is 1.00. The Morgan fingerprint density at radius 3 is 2.57 bits per heavy atom. The molecule has 2 nitrogen and oxygen atoms in total. The van der Waals surface area contributed by atoms with Crippen molar-refractivity contribution in [1.82, 2.24) is 4.90 Å². The standard InChI is InChI=1S/C21H41NO/c1-4-8-19(3)23-21-13-11-20(12-14-21)10-5-6-15-22-16-7-9-18(2)17-22/h18-21H,4-17H2,1-3H3/t18?,19?,20-,21-. The normalized spacial score (nSPS) is 31.2. The lowest BCUT2D eigenvalue weighted by Gasteiger charge is -2.32. The quantitative estimate of drug-likeness (QED) is 0.508. The summed E-state index contributed by atoms with van der Waals surface area (Å²) in [5.74, 6) is 1.91. The molecule has 2 unspecified atom stereocenters. The molecule has 0 amide bonds. The highest BCUT2D eigenvalue weighted by Crippen LogP contribution is 2.30. The molecule has 2 fully saturated rings. The van der Waals surface area contributed by atoms with E-state index in [1.165, 1.54) is 90.3 Å². The van der Waals surface area contributed by atoms with Crippen molar-refractivity contribution in [3.8, 4) is 0 Å². The number of rotatable bonds is 9. The van der Waals surface area contributed by atoms with Gasteiger partial charge in [0.2, 0.25) is 0 Å². The fourth-order valence-corrected chi connectivity index (χ4v) is 4.62. The highest BCUT2D eigenvalue weighted by Gasteiger charge is 2.23. The predicted octanol–water partition coefficient (Wildman–Crippen LogP) is 5.65. The van der Waals surface area contributed by atoms with Gasteiger partial charge in [-0.3, -0.25) is 0 Å². The van der Waals surface area contributed by atoms with Gasteiger partial charge in [0.1, 0.15) is 0 Å². The summed E-state index contributed by atoms with van der Waals surface area (Å²) in [5.41, 5.74) is 0. The van der Waals surface area contributed by atoms with Gasteiger partial charge in [-0.15, -0.1) is 0 Å². The lowest BCUT2D eigenvalue weighted by Crippen LogP contribution is -2.35. The third-order valence-electron chi connectivity index (χ3n) is 5.99. The SMILES string of the molecule is CCCC(C)O[C@H]1CC[C@H](CCCCN2CCCC(C)C2)CC1. The van der Waals surface area contributed by atoms with Gasteiger partial charge < -0.3 is 9.64 Å². The summed E-state index contributed by atoms with van der Waals surface area (Å²) in [7, 11) is 0. The predicted molar refractivity (Wildman–Crippen MR) is 99.9 cm³/mol. The van der Waals surface area contributed by atoms with Crippen LogP contribution in [0.4, 0.5) is 0 Å². The van der Waals surface area contributed by atoms with Gasteiger partial charge in [-0.25, -0.2) is 0 Å². The second-order valence-corrected chi connectivity index (χ2v) is 8.42. The van der Waals surface area contributed by atoms with E-state index in [0.29, 0.717) is 12.2 Å². The van der Waals surface area contributed by atoms with Crippen LogP contribution in [0, 0.1) is 11.8 Å². The molecule has 1 aliphatic carbocycles. The van der Waals surface area contributed by atoms with Crippen LogP contribution in [0.3, 0.4) is 0 Å². The van der Waals surface area contributed by atoms with Gasteiger partial charge in [-0.2, -0.15) is 0 Å². The monoisotopic (exact) mass is 323 g/mol. The molecule has 2 heteroatoms. The Bertz CT molecular complexity index is 298. The van der Waals surface area contributed by atoms with Crippen molar-refractivity contribution in [3.63, 3.8) is 0 Å². The number of ether oxygens (including phenoxy) is 1. The molecular formula is C21H41NO. The summed E-state index contributed by atoms with van der Waals surface area (Å²) in [6.07, 6.45) is 16.1. The number of hydrogen-bond donors (Lipinski definition) is 0. The Kier molecular flexibility index (Phi) is 8.97. The van der Waals surface area contributed by atoms with Crippen molar-refractivity contribution in [2.75, 3.05) is 19.6 Å². The first-order valence-corrected chi connectivity index (χ1v) is 10.5. The Morgan fingerprint density at radius 1 is 1.09 bits per heavy atom. The number of unbranched alkanes of at least 4 members (excludes halogenated alkanes) is 1. The molecule has 2 atom stereocenters. The largest absolute Gasteiger partial charge is 0.375 e. The minimum Gasteiger partial charge on any atom is -0.375 e. The van der Waals surface area contributed by atoms with Gasteiger partial charge in [-0.05, 0) is 83.2 Å². The zero-order chi connectivity index (χ0) is 16.5. The molecule has 2 aliphatic rings. The van der Waals surface area contributed by atoms with E-state index in [0.717, 1.165) is 11.8 Å². The van der Waals surface area contributed by atoms with Gasteiger partial charge in [-0.1, -0.05) is 33.1 Å². The average molecular weight is 324 g/mol. The summed E-state index contributed by atoms with van der Waals surface area (Å²) >= 11 is 0. The van der Waals surface area contributed by atoms with E-state index in [-0.39, 0.29) is 0 Å². The Labute approximate surface area is 145 Å².